The van der Waals surface area contributed by atoms with E-state index >= 15 is 0 Å². The smallest absolute Gasteiger partial charge is 0.222 e. The lowest BCUT2D eigenvalue weighted by atomic mass is 10.2. The van der Waals surface area contributed by atoms with Gasteiger partial charge in [-0.2, -0.15) is 0 Å². The lowest BCUT2D eigenvalue weighted by Gasteiger charge is -2.13. The van der Waals surface area contributed by atoms with Gasteiger partial charge in [0.1, 0.15) is 11.3 Å². The van der Waals surface area contributed by atoms with Crippen LogP contribution in [-0.4, -0.2) is 26.5 Å². The molecule has 5 nitrogen and oxygen atoms in total. The molecule has 0 aliphatic carbocycles. The number of hydrogen-bond donors (Lipinski definition) is 1. The molecular weight excluding hydrogens is 288 g/mol. The quantitative estimate of drug-likeness (QED) is 0.834. The van der Waals surface area contributed by atoms with Crippen molar-refractivity contribution >= 4 is 28.7 Å². The molecular formula is C15H21ClN4O. The maximum Gasteiger partial charge on any atom is 0.222 e. The van der Waals surface area contributed by atoms with E-state index in [1.807, 2.05) is 37.5 Å². The van der Waals surface area contributed by atoms with Crippen molar-refractivity contribution in [1.29, 1.82) is 0 Å². The third-order valence-corrected chi connectivity index (χ3v) is 3.67. The van der Waals surface area contributed by atoms with Crippen LogP contribution in [0.2, 0.25) is 0 Å². The van der Waals surface area contributed by atoms with Gasteiger partial charge in [0.25, 0.3) is 0 Å². The summed E-state index contributed by atoms with van der Waals surface area (Å²) in [7, 11) is 0. The maximum atomic E-state index is 11.9. The van der Waals surface area contributed by atoms with Gasteiger partial charge in [0.05, 0.1) is 5.38 Å². The molecule has 1 N–H and O–H groups in total. The van der Waals surface area contributed by atoms with Crippen LogP contribution in [0.1, 0.15) is 44.8 Å². The van der Waals surface area contributed by atoms with Crippen molar-refractivity contribution in [3.63, 3.8) is 0 Å². The number of rotatable bonds is 6. The third-order valence-electron chi connectivity index (χ3n) is 3.47. The Hall–Kier alpha value is -1.62. The minimum atomic E-state index is -0.225. The lowest BCUT2D eigenvalue weighted by Crippen LogP contribution is -2.32. The molecule has 0 radical (unpaired) electrons. The number of pyridine rings is 1. The molecule has 2 aromatic rings. The molecule has 6 heteroatoms. The largest absolute Gasteiger partial charge is 0.354 e. The van der Waals surface area contributed by atoms with Gasteiger partial charge < -0.3 is 9.88 Å². The van der Waals surface area contributed by atoms with Gasteiger partial charge in [0.2, 0.25) is 5.91 Å². The normalized spacial score (nSPS) is 14.1. The Labute approximate surface area is 129 Å². The van der Waals surface area contributed by atoms with Gasteiger partial charge >= 0.3 is 0 Å². The van der Waals surface area contributed by atoms with Gasteiger partial charge in [-0.1, -0.05) is 6.92 Å². The predicted octanol–water partition coefficient (Wildman–Crippen LogP) is 3.04. The first-order chi connectivity index (χ1) is 10.0. The number of aromatic nitrogens is 3. The molecule has 0 aliphatic rings. The highest BCUT2D eigenvalue weighted by atomic mass is 35.5. The van der Waals surface area contributed by atoms with E-state index in [0.29, 0.717) is 13.0 Å². The second-order valence-electron chi connectivity index (χ2n) is 5.21. The number of imidazole rings is 1. The zero-order valence-electron chi connectivity index (χ0n) is 12.6. The van der Waals surface area contributed by atoms with E-state index < -0.39 is 0 Å². The first-order valence-electron chi connectivity index (χ1n) is 7.27. The fourth-order valence-electron chi connectivity index (χ4n) is 2.16. The van der Waals surface area contributed by atoms with E-state index in [-0.39, 0.29) is 17.3 Å². The second-order valence-corrected chi connectivity index (χ2v) is 5.87. The van der Waals surface area contributed by atoms with Crippen LogP contribution in [-0.2, 0) is 11.3 Å². The van der Waals surface area contributed by atoms with E-state index in [1.165, 1.54) is 0 Å². The highest BCUT2D eigenvalue weighted by Gasteiger charge is 2.16. The van der Waals surface area contributed by atoms with Crippen LogP contribution in [0.15, 0.2) is 18.3 Å². The van der Waals surface area contributed by atoms with E-state index in [1.54, 1.807) is 6.20 Å². The molecule has 0 spiro atoms. The Morgan fingerprint density at radius 2 is 2.24 bits per heavy atom. The third kappa shape index (κ3) is 3.73. The summed E-state index contributed by atoms with van der Waals surface area (Å²) >= 11 is 6.19. The van der Waals surface area contributed by atoms with Crippen LogP contribution in [0.4, 0.5) is 0 Å². The fourth-order valence-corrected chi connectivity index (χ4v) is 2.33. The van der Waals surface area contributed by atoms with Gasteiger partial charge in [0.15, 0.2) is 5.65 Å². The van der Waals surface area contributed by atoms with Gasteiger partial charge in [0, 0.05) is 25.2 Å². The summed E-state index contributed by atoms with van der Waals surface area (Å²) in [5.41, 5.74) is 1.58. The number of carbonyl (C=O) groups is 1. The molecule has 0 aliphatic heterocycles. The van der Waals surface area contributed by atoms with Gasteiger partial charge in [-0.15, -0.1) is 11.6 Å². The van der Waals surface area contributed by atoms with Crippen LogP contribution in [0.25, 0.3) is 11.2 Å². The Balaban J connectivity index is 2.17. The number of alkyl halides is 1. The fraction of sp³-hybridized carbons (Fsp3) is 0.533. The average Bonchev–Trinajstić information content (AvgIpc) is 2.84. The summed E-state index contributed by atoms with van der Waals surface area (Å²) < 4.78 is 1.93. The zero-order chi connectivity index (χ0) is 15.4. The van der Waals surface area contributed by atoms with Crippen molar-refractivity contribution < 1.29 is 4.79 Å². The van der Waals surface area contributed by atoms with Gasteiger partial charge in [-0.25, -0.2) is 9.97 Å². The molecule has 21 heavy (non-hydrogen) atoms. The van der Waals surface area contributed by atoms with Crippen LogP contribution in [0, 0.1) is 0 Å². The molecule has 2 heterocycles. The number of carbonyl (C=O) groups excluding carboxylic acids is 1. The minimum Gasteiger partial charge on any atom is -0.354 e. The van der Waals surface area contributed by atoms with Gasteiger partial charge in [-0.3, -0.25) is 4.79 Å². The molecule has 2 atom stereocenters. The number of nitrogens with one attached hydrogen (secondary N) is 1. The maximum absolute atomic E-state index is 11.9. The number of amides is 1. The molecule has 1 amide bonds. The van der Waals surface area contributed by atoms with E-state index in [0.717, 1.165) is 23.4 Å². The SMILES string of the molecule is CCC(C)NC(=O)CCn1c(C(C)Cl)nc2cccnc21. The Bertz CT molecular complexity index is 623. The van der Waals surface area contributed by atoms with E-state index in [9.17, 15) is 4.79 Å². The summed E-state index contributed by atoms with van der Waals surface area (Å²) in [6.45, 7) is 6.45. The number of fused-ring (bicyclic) bond motifs is 1. The van der Waals surface area contributed by atoms with Crippen molar-refractivity contribution in [2.45, 2.75) is 51.6 Å². The van der Waals surface area contributed by atoms with Crippen molar-refractivity contribution in [2.75, 3.05) is 0 Å². The van der Waals surface area contributed by atoms with Crippen LogP contribution in [0.3, 0.4) is 0 Å². The Kier molecular flexibility index (Phi) is 5.17. The number of aryl methyl sites for hydroxylation is 1. The Morgan fingerprint density at radius 3 is 2.90 bits per heavy atom. The lowest BCUT2D eigenvalue weighted by molar-refractivity contribution is -0.121. The summed E-state index contributed by atoms with van der Waals surface area (Å²) in [4.78, 5) is 20.8. The standard InChI is InChI=1S/C15H21ClN4O/c1-4-10(2)18-13(21)7-9-20-14(11(3)16)19-12-6-5-8-17-15(12)20/h5-6,8,10-11H,4,7,9H2,1-3H3,(H,18,21). The molecule has 2 rings (SSSR count). The van der Waals surface area contributed by atoms with Crippen LogP contribution >= 0.6 is 11.6 Å². The van der Waals surface area contributed by atoms with Gasteiger partial charge in [-0.05, 0) is 32.4 Å². The molecule has 2 unspecified atom stereocenters. The number of halogens is 1. The first-order valence-corrected chi connectivity index (χ1v) is 7.71. The predicted molar refractivity (Wildman–Crippen MR) is 84.3 cm³/mol. The first kappa shape index (κ1) is 15.8. The molecule has 0 aromatic carbocycles. The topological polar surface area (TPSA) is 59.8 Å². The van der Waals surface area contributed by atoms with E-state index in [2.05, 4.69) is 15.3 Å². The van der Waals surface area contributed by atoms with Crippen molar-refractivity contribution in [3.05, 3.63) is 24.2 Å². The van der Waals surface area contributed by atoms with E-state index in [4.69, 9.17) is 11.6 Å². The molecule has 0 bridgehead atoms. The zero-order valence-corrected chi connectivity index (χ0v) is 13.4. The molecule has 0 fully saturated rings. The summed E-state index contributed by atoms with van der Waals surface area (Å²) in [6, 6.07) is 3.94. The molecule has 114 valence electrons. The van der Waals surface area contributed by atoms with Crippen LogP contribution < -0.4 is 5.32 Å². The Morgan fingerprint density at radius 1 is 1.48 bits per heavy atom. The number of hydrogen-bond acceptors (Lipinski definition) is 3. The minimum absolute atomic E-state index is 0.0373. The summed E-state index contributed by atoms with van der Waals surface area (Å²) in [5, 5.41) is 2.74. The molecule has 0 saturated carbocycles. The van der Waals surface area contributed by atoms with Crippen LogP contribution in [0.5, 0.6) is 0 Å². The molecule has 0 saturated heterocycles. The molecule has 2 aromatic heterocycles. The highest BCUT2D eigenvalue weighted by Crippen LogP contribution is 2.23. The number of nitrogens with zero attached hydrogens (tertiary/aromatic N) is 3. The monoisotopic (exact) mass is 308 g/mol. The average molecular weight is 309 g/mol. The van der Waals surface area contributed by atoms with Crippen molar-refractivity contribution in [3.8, 4) is 0 Å². The van der Waals surface area contributed by atoms with Crippen molar-refractivity contribution in [2.24, 2.45) is 0 Å². The summed E-state index contributed by atoms with van der Waals surface area (Å²) in [6.07, 6.45) is 3.04. The highest BCUT2D eigenvalue weighted by molar-refractivity contribution is 6.20. The second kappa shape index (κ2) is 6.89. The summed E-state index contributed by atoms with van der Waals surface area (Å²) in [5.74, 6) is 0.789. The van der Waals surface area contributed by atoms with Crippen molar-refractivity contribution in [1.82, 2.24) is 19.9 Å².